The number of amides is 1. The van der Waals surface area contributed by atoms with Crippen molar-refractivity contribution in [1.29, 1.82) is 0 Å². The van der Waals surface area contributed by atoms with Gasteiger partial charge in [-0.1, -0.05) is 85.4 Å². The number of benzene rings is 1. The number of thiophene rings is 1. The highest BCUT2D eigenvalue weighted by molar-refractivity contribution is 14.1. The van der Waals surface area contributed by atoms with Crippen LogP contribution in [0.15, 0.2) is 30.3 Å². The van der Waals surface area contributed by atoms with E-state index in [0.29, 0.717) is 25.6 Å². The molecule has 0 unspecified atom stereocenters. The number of carbonyl (C=O) groups is 2. The Hall–Kier alpha value is -0.920. The number of alkyl halides is 1. The summed E-state index contributed by atoms with van der Waals surface area (Å²) >= 11 is 9.72. The van der Waals surface area contributed by atoms with Gasteiger partial charge in [0.2, 0.25) is 5.91 Å². The first kappa shape index (κ1) is 22.4. The lowest BCUT2D eigenvalue weighted by Gasteiger charge is -2.05. The number of carbonyl (C=O) groups excluding carboxylic acids is 2. The molecule has 1 aromatic carbocycles. The molecule has 6 heteroatoms. The number of rotatable bonds is 11. The van der Waals surface area contributed by atoms with Gasteiger partial charge in [-0.05, 0) is 31.0 Å². The first-order valence-electron chi connectivity index (χ1n) is 9.34. The van der Waals surface area contributed by atoms with Gasteiger partial charge in [-0.2, -0.15) is 0 Å². The second-order valence-corrected chi connectivity index (χ2v) is 8.77. The van der Waals surface area contributed by atoms with Crippen LogP contribution < -0.4 is 5.32 Å². The molecule has 0 spiro atoms. The van der Waals surface area contributed by atoms with Gasteiger partial charge in [0.05, 0.1) is 15.0 Å². The van der Waals surface area contributed by atoms with E-state index in [1.54, 1.807) is 24.3 Å². The van der Waals surface area contributed by atoms with Gasteiger partial charge in [-0.3, -0.25) is 9.59 Å². The molecule has 1 heterocycles. The van der Waals surface area contributed by atoms with E-state index in [0.717, 1.165) is 17.7 Å². The zero-order chi connectivity index (χ0) is 19.6. The van der Waals surface area contributed by atoms with Crippen LogP contribution in [0.4, 0.5) is 5.00 Å². The number of hydrogen-bond donors (Lipinski definition) is 1. The van der Waals surface area contributed by atoms with Gasteiger partial charge in [0.15, 0.2) is 5.78 Å². The lowest BCUT2D eigenvalue weighted by atomic mass is 10.0. The molecule has 0 radical (unpaired) electrons. The summed E-state index contributed by atoms with van der Waals surface area (Å²) in [6.07, 6.45) is 8.31. The first-order valence-corrected chi connectivity index (χ1v) is 12.1. The van der Waals surface area contributed by atoms with Gasteiger partial charge in [0.1, 0.15) is 5.00 Å². The highest BCUT2D eigenvalue weighted by Gasteiger charge is 2.20. The molecule has 0 aliphatic rings. The predicted octanol–water partition coefficient (Wildman–Crippen LogP) is 6.91. The molecule has 0 aliphatic heterocycles. The first-order chi connectivity index (χ1) is 13.1. The molecular weight excluding hydrogens is 493 g/mol. The number of unbranched alkanes of at least 4 members (excludes halogenated alkanes) is 5. The van der Waals surface area contributed by atoms with Crippen molar-refractivity contribution in [3.05, 3.63) is 51.4 Å². The lowest BCUT2D eigenvalue weighted by Crippen LogP contribution is -2.14. The summed E-state index contributed by atoms with van der Waals surface area (Å²) in [5.74, 6) is -0.244. The van der Waals surface area contributed by atoms with Crippen LogP contribution in [0.3, 0.4) is 0 Å². The molecule has 0 saturated carbocycles. The second-order valence-electron chi connectivity index (χ2n) is 6.46. The summed E-state index contributed by atoms with van der Waals surface area (Å²) < 4.78 is 0.349. The van der Waals surface area contributed by atoms with Crippen molar-refractivity contribution in [1.82, 2.24) is 0 Å². The van der Waals surface area contributed by atoms with Crippen LogP contribution in [0.1, 0.15) is 66.2 Å². The number of nitrogens with one attached hydrogen (secondary N) is 1. The fourth-order valence-electron chi connectivity index (χ4n) is 2.86. The Bertz CT molecular complexity index is 775. The summed E-state index contributed by atoms with van der Waals surface area (Å²) in [5.41, 5.74) is 1.00. The smallest absolute Gasteiger partial charge is 0.234 e. The van der Waals surface area contributed by atoms with Crippen LogP contribution >= 0.6 is 45.5 Å². The highest BCUT2D eigenvalue weighted by atomic mass is 127. The third kappa shape index (κ3) is 6.88. The average Bonchev–Trinajstić information content (AvgIpc) is 3.06. The largest absolute Gasteiger partial charge is 0.316 e. The molecule has 1 N–H and O–H groups in total. The molecule has 1 amide bonds. The molecule has 146 valence electrons. The Balaban J connectivity index is 2.14. The van der Waals surface area contributed by atoms with Crippen molar-refractivity contribution in [2.75, 3.05) is 9.74 Å². The Morgan fingerprint density at radius 2 is 1.78 bits per heavy atom. The lowest BCUT2D eigenvalue weighted by molar-refractivity contribution is -0.113. The van der Waals surface area contributed by atoms with Crippen LogP contribution in [0.2, 0.25) is 5.02 Å². The van der Waals surface area contributed by atoms with E-state index >= 15 is 0 Å². The molecule has 0 bridgehead atoms. The molecule has 27 heavy (non-hydrogen) atoms. The molecule has 0 atom stereocenters. The van der Waals surface area contributed by atoms with E-state index in [1.165, 1.54) is 43.4 Å². The predicted molar refractivity (Wildman–Crippen MR) is 124 cm³/mol. The van der Waals surface area contributed by atoms with Gasteiger partial charge in [-0.15, -0.1) is 11.3 Å². The molecule has 1 aromatic heterocycles. The van der Waals surface area contributed by atoms with Crippen molar-refractivity contribution >= 4 is 62.2 Å². The van der Waals surface area contributed by atoms with Gasteiger partial charge in [-0.25, -0.2) is 0 Å². The van der Waals surface area contributed by atoms with Gasteiger partial charge >= 0.3 is 0 Å². The van der Waals surface area contributed by atoms with Gasteiger partial charge < -0.3 is 5.32 Å². The minimum Gasteiger partial charge on any atom is -0.316 e. The summed E-state index contributed by atoms with van der Waals surface area (Å²) in [6, 6.07) is 8.95. The summed E-state index contributed by atoms with van der Waals surface area (Å²) in [4.78, 5) is 26.0. The number of hydrogen-bond acceptors (Lipinski definition) is 3. The molecule has 0 aliphatic carbocycles. The van der Waals surface area contributed by atoms with E-state index in [4.69, 9.17) is 11.6 Å². The van der Waals surface area contributed by atoms with Crippen molar-refractivity contribution in [2.24, 2.45) is 0 Å². The van der Waals surface area contributed by atoms with E-state index in [9.17, 15) is 9.59 Å². The number of ketones is 1. The molecular formula is C21H25ClINO2S. The van der Waals surface area contributed by atoms with E-state index < -0.39 is 0 Å². The van der Waals surface area contributed by atoms with Crippen molar-refractivity contribution in [3.8, 4) is 0 Å². The minimum atomic E-state index is -0.144. The Morgan fingerprint density at radius 3 is 2.48 bits per heavy atom. The third-order valence-electron chi connectivity index (χ3n) is 4.30. The normalized spacial score (nSPS) is 10.8. The SMILES string of the molecule is CCCCCCCCc1cc(C(=O)c2ccccc2Cl)c(NC(=O)CI)s1. The fourth-order valence-corrected chi connectivity index (χ4v) is 4.38. The summed E-state index contributed by atoms with van der Waals surface area (Å²) in [5, 5.41) is 3.93. The second kappa shape index (κ2) is 11.8. The van der Waals surface area contributed by atoms with Crippen LogP contribution in [-0.4, -0.2) is 16.1 Å². The number of anilines is 1. The Morgan fingerprint density at radius 1 is 1.07 bits per heavy atom. The maximum Gasteiger partial charge on any atom is 0.234 e. The summed E-state index contributed by atoms with van der Waals surface area (Å²) in [7, 11) is 0. The molecule has 0 saturated heterocycles. The van der Waals surface area contributed by atoms with Gasteiger partial charge in [0, 0.05) is 10.4 Å². The summed E-state index contributed by atoms with van der Waals surface area (Å²) in [6.45, 7) is 2.22. The third-order valence-corrected chi connectivity index (χ3v) is 6.43. The van der Waals surface area contributed by atoms with E-state index in [2.05, 4.69) is 12.2 Å². The van der Waals surface area contributed by atoms with Crippen molar-refractivity contribution < 1.29 is 9.59 Å². The Kier molecular flexibility index (Phi) is 9.79. The average molecular weight is 518 g/mol. The standard InChI is InChI=1S/C21H25ClINO2S/c1-2-3-4-5-6-7-10-15-13-17(21(27-15)24-19(25)14-23)20(26)16-11-8-9-12-18(16)22/h8-9,11-13H,2-7,10,14H2,1H3,(H,24,25). The monoisotopic (exact) mass is 517 g/mol. The van der Waals surface area contributed by atoms with E-state index in [1.807, 2.05) is 28.7 Å². The van der Waals surface area contributed by atoms with Crippen LogP contribution in [0.5, 0.6) is 0 Å². The molecule has 0 fully saturated rings. The highest BCUT2D eigenvalue weighted by Crippen LogP contribution is 2.32. The zero-order valence-electron chi connectivity index (χ0n) is 15.5. The maximum atomic E-state index is 13.0. The quantitative estimate of drug-likeness (QED) is 0.152. The molecule has 3 nitrogen and oxygen atoms in total. The zero-order valence-corrected chi connectivity index (χ0v) is 19.3. The number of halogens is 2. The fraction of sp³-hybridized carbons (Fsp3) is 0.429. The Labute approximate surface area is 184 Å². The number of aryl methyl sites for hydroxylation is 1. The van der Waals surface area contributed by atoms with Crippen LogP contribution in [0, 0.1) is 0 Å². The van der Waals surface area contributed by atoms with E-state index in [-0.39, 0.29) is 11.7 Å². The topological polar surface area (TPSA) is 46.2 Å². The van der Waals surface area contributed by atoms with Crippen LogP contribution in [-0.2, 0) is 11.2 Å². The maximum absolute atomic E-state index is 13.0. The minimum absolute atomic E-state index is 0.100. The van der Waals surface area contributed by atoms with Crippen molar-refractivity contribution in [3.63, 3.8) is 0 Å². The molecule has 2 aromatic rings. The van der Waals surface area contributed by atoms with Crippen LogP contribution in [0.25, 0.3) is 0 Å². The molecule has 2 rings (SSSR count). The van der Waals surface area contributed by atoms with Gasteiger partial charge in [0.25, 0.3) is 0 Å². The van der Waals surface area contributed by atoms with Crippen molar-refractivity contribution in [2.45, 2.75) is 51.9 Å².